The molecule has 6 heteroatoms. The number of anilines is 1. The zero-order chi connectivity index (χ0) is 15.0. The molecule has 2 heterocycles. The number of carbonyl (C=O) groups is 1. The van der Waals surface area contributed by atoms with Crippen molar-refractivity contribution < 1.29 is 4.79 Å². The molecule has 0 saturated heterocycles. The number of nitrogen functional groups attached to an aromatic ring is 1. The van der Waals surface area contributed by atoms with E-state index in [1.807, 2.05) is 38.2 Å². The number of nitrogens with two attached hydrogens (primary N) is 1. The van der Waals surface area contributed by atoms with Gasteiger partial charge in [0.2, 0.25) is 0 Å². The Bertz CT molecular complexity index is 818. The summed E-state index contributed by atoms with van der Waals surface area (Å²) < 4.78 is 2.80. The zero-order valence-electron chi connectivity index (χ0n) is 11.9. The van der Waals surface area contributed by atoms with Gasteiger partial charge in [-0.1, -0.05) is 18.2 Å². The molecule has 108 valence electrons. The Morgan fingerprint density at radius 1 is 1.43 bits per heavy atom. The first-order chi connectivity index (χ1) is 10.1. The average molecular weight is 300 g/mol. The predicted molar refractivity (Wildman–Crippen MR) is 85.4 cm³/mol. The van der Waals surface area contributed by atoms with E-state index >= 15 is 0 Å². The van der Waals surface area contributed by atoms with Gasteiger partial charge in [-0.15, -0.1) is 11.3 Å². The first-order valence-corrected chi connectivity index (χ1v) is 7.42. The molecule has 0 aliphatic carbocycles. The topological polar surface area (TPSA) is 72.9 Å². The molecule has 1 aromatic carbocycles. The lowest BCUT2D eigenvalue weighted by Gasteiger charge is -2.04. The standard InChI is InChI=1S/C15H16N4OS/c1-9-4-3-5-11-12(16)14(21-13(9)11)15(20)17-8-10-6-7-18-19(10)2/h3-7H,8,16H2,1-2H3,(H,17,20). The lowest BCUT2D eigenvalue weighted by Crippen LogP contribution is -2.23. The van der Waals surface area contributed by atoms with E-state index in [4.69, 9.17) is 5.73 Å². The maximum atomic E-state index is 12.3. The van der Waals surface area contributed by atoms with Gasteiger partial charge in [0.15, 0.2) is 0 Å². The first-order valence-electron chi connectivity index (χ1n) is 6.60. The van der Waals surface area contributed by atoms with Crippen LogP contribution in [0, 0.1) is 6.92 Å². The van der Waals surface area contributed by atoms with Gasteiger partial charge >= 0.3 is 0 Å². The normalized spacial score (nSPS) is 11.0. The molecule has 0 radical (unpaired) electrons. The second kappa shape index (κ2) is 5.21. The lowest BCUT2D eigenvalue weighted by molar-refractivity contribution is 0.0955. The number of hydrogen-bond acceptors (Lipinski definition) is 4. The van der Waals surface area contributed by atoms with Crippen LogP contribution in [-0.4, -0.2) is 15.7 Å². The molecule has 0 bridgehead atoms. The maximum Gasteiger partial charge on any atom is 0.263 e. The summed E-state index contributed by atoms with van der Waals surface area (Å²) in [6.07, 6.45) is 1.71. The average Bonchev–Trinajstić information content (AvgIpc) is 3.02. The van der Waals surface area contributed by atoms with Gasteiger partial charge in [0.25, 0.3) is 5.91 Å². The third kappa shape index (κ3) is 2.38. The molecule has 21 heavy (non-hydrogen) atoms. The summed E-state index contributed by atoms with van der Waals surface area (Å²) in [6.45, 7) is 2.46. The number of aromatic nitrogens is 2. The van der Waals surface area contributed by atoms with E-state index in [-0.39, 0.29) is 5.91 Å². The van der Waals surface area contributed by atoms with Crippen molar-refractivity contribution in [1.82, 2.24) is 15.1 Å². The number of benzene rings is 1. The largest absolute Gasteiger partial charge is 0.397 e. The number of thiophene rings is 1. The summed E-state index contributed by atoms with van der Waals surface area (Å²) in [7, 11) is 1.85. The summed E-state index contributed by atoms with van der Waals surface area (Å²) in [5.74, 6) is -0.144. The molecule has 0 aliphatic rings. The van der Waals surface area contributed by atoms with Crippen LogP contribution in [0.25, 0.3) is 10.1 Å². The number of rotatable bonds is 3. The van der Waals surface area contributed by atoms with Gasteiger partial charge in [0.1, 0.15) is 4.88 Å². The molecule has 3 N–H and O–H groups in total. The van der Waals surface area contributed by atoms with Gasteiger partial charge in [-0.25, -0.2) is 0 Å². The van der Waals surface area contributed by atoms with Crippen molar-refractivity contribution in [1.29, 1.82) is 0 Å². The summed E-state index contributed by atoms with van der Waals surface area (Å²) in [6, 6.07) is 7.80. The summed E-state index contributed by atoms with van der Waals surface area (Å²) in [4.78, 5) is 12.9. The fourth-order valence-electron chi connectivity index (χ4n) is 2.27. The Hall–Kier alpha value is -2.34. The van der Waals surface area contributed by atoms with Crippen LogP contribution >= 0.6 is 11.3 Å². The van der Waals surface area contributed by atoms with Crippen molar-refractivity contribution in [2.75, 3.05) is 5.73 Å². The molecule has 5 nitrogen and oxygen atoms in total. The van der Waals surface area contributed by atoms with E-state index in [1.54, 1.807) is 10.9 Å². The van der Waals surface area contributed by atoms with Crippen LogP contribution in [0.4, 0.5) is 5.69 Å². The van der Waals surface area contributed by atoms with Gasteiger partial charge < -0.3 is 11.1 Å². The second-order valence-electron chi connectivity index (χ2n) is 4.93. The monoisotopic (exact) mass is 300 g/mol. The fourth-order valence-corrected chi connectivity index (χ4v) is 3.38. The van der Waals surface area contributed by atoms with Gasteiger partial charge in [-0.3, -0.25) is 9.48 Å². The molecule has 0 aliphatic heterocycles. The molecule has 0 spiro atoms. The van der Waals surface area contributed by atoms with Gasteiger partial charge in [0.05, 0.1) is 17.9 Å². The Morgan fingerprint density at radius 3 is 2.90 bits per heavy atom. The number of nitrogens with zero attached hydrogens (tertiary/aromatic N) is 2. The van der Waals surface area contributed by atoms with Crippen molar-refractivity contribution in [3.8, 4) is 0 Å². The first kappa shape index (κ1) is 13.6. The summed E-state index contributed by atoms with van der Waals surface area (Å²) in [5.41, 5.74) is 8.75. The van der Waals surface area contributed by atoms with Crippen molar-refractivity contribution in [2.45, 2.75) is 13.5 Å². The number of hydrogen-bond donors (Lipinski definition) is 2. The van der Waals surface area contributed by atoms with E-state index in [1.165, 1.54) is 11.3 Å². The second-order valence-corrected chi connectivity index (χ2v) is 5.95. The van der Waals surface area contributed by atoms with Gasteiger partial charge in [-0.2, -0.15) is 5.10 Å². The van der Waals surface area contributed by atoms with Crippen molar-refractivity contribution in [3.05, 3.63) is 46.6 Å². The molecule has 0 saturated carbocycles. The number of fused-ring (bicyclic) bond motifs is 1. The van der Waals surface area contributed by atoms with Gasteiger partial charge in [0, 0.05) is 23.3 Å². The summed E-state index contributed by atoms with van der Waals surface area (Å²) >= 11 is 1.44. The molecule has 3 rings (SSSR count). The number of carbonyl (C=O) groups excluding carboxylic acids is 1. The molecular formula is C15H16N4OS. The Labute approximate surface area is 126 Å². The minimum Gasteiger partial charge on any atom is -0.397 e. The maximum absolute atomic E-state index is 12.3. The predicted octanol–water partition coefficient (Wildman–Crippen LogP) is 2.46. The molecule has 2 aromatic heterocycles. The van der Waals surface area contributed by atoms with Crippen LogP contribution in [-0.2, 0) is 13.6 Å². The SMILES string of the molecule is Cc1cccc2c(N)c(C(=O)NCc3ccnn3C)sc12. The number of nitrogens with one attached hydrogen (secondary N) is 1. The van der Waals surface area contributed by atoms with Crippen LogP contribution in [0.5, 0.6) is 0 Å². The lowest BCUT2D eigenvalue weighted by atomic mass is 10.1. The smallest absolute Gasteiger partial charge is 0.263 e. The van der Waals surface area contributed by atoms with Crippen LogP contribution in [0.15, 0.2) is 30.5 Å². The minimum absolute atomic E-state index is 0.144. The fraction of sp³-hybridized carbons (Fsp3) is 0.200. The highest BCUT2D eigenvalue weighted by Crippen LogP contribution is 2.35. The highest BCUT2D eigenvalue weighted by molar-refractivity contribution is 7.21. The highest BCUT2D eigenvalue weighted by atomic mass is 32.1. The van der Waals surface area contributed by atoms with E-state index in [0.717, 1.165) is 21.3 Å². The Morgan fingerprint density at radius 2 is 2.24 bits per heavy atom. The number of amides is 1. The molecular weight excluding hydrogens is 284 g/mol. The molecule has 3 aromatic rings. The number of aryl methyl sites for hydroxylation is 2. The van der Waals surface area contributed by atoms with E-state index in [9.17, 15) is 4.79 Å². The zero-order valence-corrected chi connectivity index (χ0v) is 12.7. The Balaban J connectivity index is 1.86. The van der Waals surface area contributed by atoms with Crippen LogP contribution in [0.1, 0.15) is 20.9 Å². The van der Waals surface area contributed by atoms with Crippen molar-refractivity contribution in [3.63, 3.8) is 0 Å². The third-order valence-corrected chi connectivity index (χ3v) is 4.87. The molecule has 0 unspecified atom stereocenters. The minimum atomic E-state index is -0.144. The van der Waals surface area contributed by atoms with E-state index in [2.05, 4.69) is 10.4 Å². The Kier molecular flexibility index (Phi) is 3.39. The van der Waals surface area contributed by atoms with Crippen LogP contribution < -0.4 is 11.1 Å². The molecule has 0 fully saturated rings. The van der Waals surface area contributed by atoms with Crippen molar-refractivity contribution in [2.24, 2.45) is 7.05 Å². The highest BCUT2D eigenvalue weighted by Gasteiger charge is 2.17. The van der Waals surface area contributed by atoms with E-state index in [0.29, 0.717) is 17.1 Å². The quantitative estimate of drug-likeness (QED) is 0.780. The van der Waals surface area contributed by atoms with Crippen molar-refractivity contribution >= 4 is 33.0 Å². The third-order valence-electron chi connectivity index (χ3n) is 3.51. The van der Waals surface area contributed by atoms with Gasteiger partial charge in [-0.05, 0) is 18.6 Å². The molecule has 0 atom stereocenters. The molecule has 1 amide bonds. The van der Waals surface area contributed by atoms with E-state index < -0.39 is 0 Å². The van der Waals surface area contributed by atoms with Crippen LogP contribution in [0.2, 0.25) is 0 Å². The van der Waals surface area contributed by atoms with Crippen LogP contribution in [0.3, 0.4) is 0 Å². The summed E-state index contributed by atoms with van der Waals surface area (Å²) in [5, 5.41) is 7.92.